The van der Waals surface area contributed by atoms with Gasteiger partial charge in [-0.1, -0.05) is 12.1 Å². The SMILES string of the molecule is N#CC1C[NH+](Cc2cccs2)C[NH+](Cc2cccs2)C1. The molecule has 0 aliphatic carbocycles. The maximum Gasteiger partial charge on any atom is 0.205 e. The Morgan fingerprint density at radius 3 is 2.00 bits per heavy atom. The van der Waals surface area contributed by atoms with Gasteiger partial charge < -0.3 is 0 Å². The average molecular weight is 305 g/mol. The fourth-order valence-electron chi connectivity index (χ4n) is 2.95. The van der Waals surface area contributed by atoms with E-state index < -0.39 is 0 Å². The average Bonchev–Trinajstić information content (AvgIpc) is 3.12. The van der Waals surface area contributed by atoms with Crippen LogP contribution in [0, 0.1) is 17.2 Å². The Morgan fingerprint density at radius 2 is 1.60 bits per heavy atom. The highest BCUT2D eigenvalue weighted by Gasteiger charge is 2.31. The van der Waals surface area contributed by atoms with Gasteiger partial charge in [-0.15, -0.1) is 22.7 Å². The van der Waals surface area contributed by atoms with Crippen LogP contribution >= 0.6 is 22.7 Å². The first-order valence-electron chi connectivity index (χ1n) is 6.95. The molecule has 20 heavy (non-hydrogen) atoms. The van der Waals surface area contributed by atoms with Crippen LogP contribution in [-0.2, 0) is 13.1 Å². The van der Waals surface area contributed by atoms with Crippen molar-refractivity contribution in [2.45, 2.75) is 13.1 Å². The van der Waals surface area contributed by atoms with Crippen LogP contribution in [-0.4, -0.2) is 19.8 Å². The minimum Gasteiger partial charge on any atom is -0.283 e. The van der Waals surface area contributed by atoms with Crippen LogP contribution in [0.4, 0.5) is 0 Å². The quantitative estimate of drug-likeness (QED) is 0.842. The fourth-order valence-corrected chi connectivity index (χ4v) is 4.50. The Labute approximate surface area is 127 Å². The standard InChI is InChI=1S/C15H17N3S2/c16-7-13-8-17(10-14-3-1-5-19-14)12-18(9-13)11-15-4-2-6-20-15/h1-6,13H,8-12H2/p+2. The fraction of sp³-hybridized carbons (Fsp3) is 0.400. The molecule has 2 N–H and O–H groups in total. The van der Waals surface area contributed by atoms with E-state index in [1.807, 2.05) is 22.7 Å². The van der Waals surface area contributed by atoms with Gasteiger partial charge >= 0.3 is 0 Å². The third-order valence-corrected chi connectivity index (χ3v) is 5.51. The van der Waals surface area contributed by atoms with Crippen LogP contribution in [0.1, 0.15) is 9.75 Å². The molecular weight excluding hydrogens is 286 g/mol. The number of nitrogens with one attached hydrogen (secondary N) is 2. The van der Waals surface area contributed by atoms with Gasteiger partial charge in [0.2, 0.25) is 6.67 Å². The van der Waals surface area contributed by atoms with E-state index in [0.29, 0.717) is 0 Å². The summed E-state index contributed by atoms with van der Waals surface area (Å²) in [6, 6.07) is 11.1. The van der Waals surface area contributed by atoms with Crippen LogP contribution in [0.15, 0.2) is 35.0 Å². The molecule has 104 valence electrons. The van der Waals surface area contributed by atoms with Crippen molar-refractivity contribution in [3.63, 3.8) is 0 Å². The second-order valence-corrected chi connectivity index (χ2v) is 7.49. The summed E-state index contributed by atoms with van der Waals surface area (Å²) in [6.45, 7) is 5.21. The lowest BCUT2D eigenvalue weighted by molar-refractivity contribution is -1.12. The molecule has 0 aromatic carbocycles. The molecule has 2 atom stereocenters. The van der Waals surface area contributed by atoms with Gasteiger partial charge in [0, 0.05) is 0 Å². The number of hydrogen-bond donors (Lipinski definition) is 2. The van der Waals surface area contributed by atoms with Gasteiger partial charge in [-0.25, -0.2) is 0 Å². The van der Waals surface area contributed by atoms with Crippen molar-refractivity contribution in [2.24, 2.45) is 5.92 Å². The molecule has 2 aromatic rings. The number of hydrogen-bond acceptors (Lipinski definition) is 3. The molecule has 3 nitrogen and oxygen atoms in total. The summed E-state index contributed by atoms with van der Waals surface area (Å²) in [5, 5.41) is 13.6. The van der Waals surface area contributed by atoms with Gasteiger partial charge in [0.1, 0.15) is 32.1 Å². The Balaban J connectivity index is 1.64. The van der Waals surface area contributed by atoms with Crippen LogP contribution in [0.2, 0.25) is 0 Å². The zero-order valence-electron chi connectivity index (χ0n) is 11.3. The van der Waals surface area contributed by atoms with E-state index in [1.54, 1.807) is 0 Å². The highest BCUT2D eigenvalue weighted by Crippen LogP contribution is 2.07. The van der Waals surface area contributed by atoms with Crippen molar-refractivity contribution in [2.75, 3.05) is 19.8 Å². The predicted octanol–water partition coefficient (Wildman–Crippen LogP) is 0.390. The normalized spacial score (nSPS) is 26.2. The maximum atomic E-state index is 9.31. The molecule has 0 saturated carbocycles. The van der Waals surface area contributed by atoms with Crippen molar-refractivity contribution in [3.05, 3.63) is 44.8 Å². The second kappa shape index (κ2) is 6.51. The van der Waals surface area contributed by atoms with Gasteiger partial charge in [0.05, 0.1) is 15.8 Å². The minimum absolute atomic E-state index is 0.189. The van der Waals surface area contributed by atoms with E-state index in [1.165, 1.54) is 19.6 Å². The highest BCUT2D eigenvalue weighted by molar-refractivity contribution is 7.10. The number of quaternary nitrogens is 2. The van der Waals surface area contributed by atoms with Crippen LogP contribution in [0.3, 0.4) is 0 Å². The lowest BCUT2D eigenvalue weighted by Gasteiger charge is -2.32. The van der Waals surface area contributed by atoms with Crippen LogP contribution in [0.5, 0.6) is 0 Å². The molecule has 1 aliphatic heterocycles. The lowest BCUT2D eigenvalue weighted by atomic mass is 10.1. The molecule has 3 heterocycles. The predicted molar refractivity (Wildman–Crippen MR) is 81.7 cm³/mol. The number of nitrogens with zero attached hydrogens (tertiary/aromatic N) is 1. The molecule has 1 fully saturated rings. The Hall–Kier alpha value is -1.19. The van der Waals surface area contributed by atoms with E-state index >= 15 is 0 Å². The Morgan fingerprint density at radius 1 is 1.05 bits per heavy atom. The van der Waals surface area contributed by atoms with E-state index in [0.717, 1.165) is 32.8 Å². The van der Waals surface area contributed by atoms with Crippen molar-refractivity contribution in [1.82, 2.24) is 0 Å². The molecule has 5 heteroatoms. The van der Waals surface area contributed by atoms with E-state index in [-0.39, 0.29) is 5.92 Å². The van der Waals surface area contributed by atoms with E-state index in [2.05, 4.69) is 41.1 Å². The van der Waals surface area contributed by atoms with E-state index in [9.17, 15) is 5.26 Å². The van der Waals surface area contributed by atoms with Crippen molar-refractivity contribution >= 4 is 22.7 Å². The maximum absolute atomic E-state index is 9.31. The lowest BCUT2D eigenvalue weighted by Crippen LogP contribution is -3.33. The summed E-state index contributed by atoms with van der Waals surface area (Å²) in [7, 11) is 0. The Kier molecular flexibility index (Phi) is 4.48. The molecule has 1 aliphatic rings. The summed E-state index contributed by atoms with van der Waals surface area (Å²) in [5.74, 6) is 0.189. The smallest absolute Gasteiger partial charge is 0.205 e. The Bertz CT molecular complexity index is 512. The minimum atomic E-state index is 0.189. The third-order valence-electron chi connectivity index (χ3n) is 3.76. The highest BCUT2D eigenvalue weighted by atomic mass is 32.1. The second-order valence-electron chi connectivity index (χ2n) is 5.42. The van der Waals surface area contributed by atoms with E-state index in [4.69, 9.17) is 0 Å². The number of nitriles is 1. The monoisotopic (exact) mass is 305 g/mol. The van der Waals surface area contributed by atoms with Crippen LogP contribution in [0.25, 0.3) is 0 Å². The summed E-state index contributed by atoms with van der Waals surface area (Å²) in [5.41, 5.74) is 0. The van der Waals surface area contributed by atoms with Gasteiger partial charge in [-0.2, -0.15) is 5.26 Å². The number of rotatable bonds is 4. The zero-order valence-corrected chi connectivity index (χ0v) is 13.0. The molecule has 1 saturated heterocycles. The van der Waals surface area contributed by atoms with Gasteiger partial charge in [-0.3, -0.25) is 9.80 Å². The van der Waals surface area contributed by atoms with Gasteiger partial charge in [0.25, 0.3) is 0 Å². The first-order chi connectivity index (χ1) is 9.83. The van der Waals surface area contributed by atoms with Crippen LogP contribution < -0.4 is 9.80 Å². The van der Waals surface area contributed by atoms with Gasteiger partial charge in [-0.05, 0) is 22.9 Å². The van der Waals surface area contributed by atoms with Crippen molar-refractivity contribution < 1.29 is 9.80 Å². The molecule has 0 bridgehead atoms. The molecule has 2 unspecified atom stereocenters. The molecule has 3 rings (SSSR count). The summed E-state index contributed by atoms with van der Waals surface area (Å²) in [6.07, 6.45) is 0. The first kappa shape index (κ1) is 13.8. The summed E-state index contributed by atoms with van der Waals surface area (Å²) < 4.78 is 0. The van der Waals surface area contributed by atoms with Gasteiger partial charge in [0.15, 0.2) is 0 Å². The largest absolute Gasteiger partial charge is 0.283 e. The van der Waals surface area contributed by atoms with Crippen molar-refractivity contribution in [1.29, 1.82) is 5.26 Å². The summed E-state index contributed by atoms with van der Waals surface area (Å²) in [4.78, 5) is 5.93. The number of thiophene rings is 2. The zero-order chi connectivity index (χ0) is 13.8. The molecule has 0 amide bonds. The third kappa shape index (κ3) is 3.47. The molecular formula is C15H19N3S2+2. The summed E-state index contributed by atoms with van der Waals surface area (Å²) >= 11 is 3.64. The molecule has 2 aromatic heterocycles. The molecule has 0 spiro atoms. The first-order valence-corrected chi connectivity index (χ1v) is 8.71. The molecule has 0 radical (unpaired) electrons. The van der Waals surface area contributed by atoms with Crippen molar-refractivity contribution in [3.8, 4) is 6.07 Å². The topological polar surface area (TPSA) is 32.7 Å².